The van der Waals surface area contributed by atoms with Gasteiger partial charge in [0.2, 0.25) is 15.9 Å². The van der Waals surface area contributed by atoms with Crippen molar-refractivity contribution in [2.24, 2.45) is 5.92 Å². The van der Waals surface area contributed by atoms with Crippen LogP contribution in [0, 0.1) is 5.92 Å². The second kappa shape index (κ2) is 8.97. The Morgan fingerprint density at radius 2 is 1.88 bits per heavy atom. The Balaban J connectivity index is 1.41. The van der Waals surface area contributed by atoms with Gasteiger partial charge in [-0.2, -0.15) is 0 Å². The number of benzene rings is 1. The van der Waals surface area contributed by atoms with Gasteiger partial charge in [-0.25, -0.2) is 12.7 Å². The van der Waals surface area contributed by atoms with E-state index in [1.807, 2.05) is 30.3 Å². The highest BCUT2D eigenvalue weighted by molar-refractivity contribution is 7.88. The van der Waals surface area contributed by atoms with E-state index in [4.69, 9.17) is 0 Å². The molecule has 0 bridgehead atoms. The van der Waals surface area contributed by atoms with Crippen LogP contribution in [0.15, 0.2) is 30.3 Å². The van der Waals surface area contributed by atoms with E-state index in [9.17, 15) is 13.2 Å². The average Bonchev–Trinajstić information content (AvgIpc) is 3.14. The quantitative estimate of drug-likeness (QED) is 0.752. The Kier molecular flexibility index (Phi) is 6.67. The first kappa shape index (κ1) is 19.3. The van der Waals surface area contributed by atoms with Crippen molar-refractivity contribution in [1.29, 1.82) is 0 Å². The molecule has 7 heteroatoms. The van der Waals surface area contributed by atoms with Gasteiger partial charge < -0.3 is 10.6 Å². The number of amides is 1. The first-order valence-corrected chi connectivity index (χ1v) is 11.2. The third-order valence-electron chi connectivity index (χ3n) is 5.35. The van der Waals surface area contributed by atoms with Gasteiger partial charge in [-0.05, 0) is 50.3 Å². The van der Waals surface area contributed by atoms with Crippen molar-refractivity contribution < 1.29 is 13.2 Å². The molecule has 0 radical (unpaired) electrons. The highest BCUT2D eigenvalue weighted by atomic mass is 32.2. The van der Waals surface area contributed by atoms with Gasteiger partial charge in [0.25, 0.3) is 0 Å². The lowest BCUT2D eigenvalue weighted by Gasteiger charge is -2.31. The van der Waals surface area contributed by atoms with Crippen LogP contribution in [0.25, 0.3) is 0 Å². The van der Waals surface area contributed by atoms with E-state index in [0.717, 1.165) is 31.5 Å². The molecule has 0 aromatic heterocycles. The van der Waals surface area contributed by atoms with Crippen molar-refractivity contribution in [2.45, 2.75) is 43.9 Å². The molecule has 144 valence electrons. The van der Waals surface area contributed by atoms with Crippen LogP contribution in [0.3, 0.4) is 0 Å². The van der Waals surface area contributed by atoms with E-state index in [1.54, 1.807) is 4.31 Å². The van der Waals surface area contributed by atoms with Crippen LogP contribution in [0.4, 0.5) is 0 Å². The molecule has 2 heterocycles. The third kappa shape index (κ3) is 5.53. The topological polar surface area (TPSA) is 78.5 Å². The molecule has 2 aliphatic heterocycles. The molecule has 2 fully saturated rings. The van der Waals surface area contributed by atoms with Crippen molar-refractivity contribution in [2.75, 3.05) is 26.2 Å². The van der Waals surface area contributed by atoms with Gasteiger partial charge in [0.05, 0.1) is 5.75 Å². The molecule has 1 unspecified atom stereocenters. The molecule has 0 aliphatic carbocycles. The number of carbonyl (C=O) groups is 1. The van der Waals surface area contributed by atoms with E-state index >= 15 is 0 Å². The van der Waals surface area contributed by atoms with E-state index in [-0.39, 0.29) is 17.7 Å². The number of piperidine rings is 1. The van der Waals surface area contributed by atoms with Gasteiger partial charge in [-0.1, -0.05) is 30.3 Å². The molecular formula is C19H29N3O3S. The minimum Gasteiger partial charge on any atom is -0.353 e. The van der Waals surface area contributed by atoms with Crippen LogP contribution >= 0.6 is 0 Å². The number of carbonyl (C=O) groups excluding carboxylic acids is 1. The lowest BCUT2D eigenvalue weighted by atomic mass is 10.0. The molecule has 1 aromatic carbocycles. The second-order valence-corrected chi connectivity index (χ2v) is 9.35. The summed E-state index contributed by atoms with van der Waals surface area (Å²) in [4.78, 5) is 12.1. The Labute approximate surface area is 156 Å². The Morgan fingerprint density at radius 1 is 1.15 bits per heavy atom. The summed E-state index contributed by atoms with van der Waals surface area (Å²) in [6.45, 7) is 3.03. The fourth-order valence-corrected chi connectivity index (χ4v) is 5.31. The van der Waals surface area contributed by atoms with Crippen molar-refractivity contribution in [3.8, 4) is 0 Å². The number of hydrogen-bond donors (Lipinski definition) is 2. The predicted molar refractivity (Wildman–Crippen MR) is 102 cm³/mol. The summed E-state index contributed by atoms with van der Waals surface area (Å²) in [6, 6.07) is 9.36. The van der Waals surface area contributed by atoms with Crippen LogP contribution < -0.4 is 10.6 Å². The van der Waals surface area contributed by atoms with E-state index < -0.39 is 10.0 Å². The van der Waals surface area contributed by atoms with Gasteiger partial charge in [0.15, 0.2) is 0 Å². The zero-order valence-corrected chi connectivity index (χ0v) is 16.0. The van der Waals surface area contributed by atoms with E-state index in [2.05, 4.69) is 10.6 Å². The standard InChI is InChI=1S/C19H29N3O3S/c23-19(7-6-16-8-11-20-14-16)21-18-9-12-22(13-10-18)26(24,25)15-17-4-2-1-3-5-17/h1-5,16,18,20H,6-15H2,(H,21,23). The SMILES string of the molecule is O=C(CCC1CCNC1)NC1CCN(S(=O)(=O)Cc2ccccc2)CC1. The molecule has 1 amide bonds. The molecule has 1 atom stereocenters. The molecular weight excluding hydrogens is 350 g/mol. The minimum absolute atomic E-state index is 0.0420. The summed E-state index contributed by atoms with van der Waals surface area (Å²) in [6.07, 6.45) is 4.03. The Bertz CT molecular complexity index is 679. The summed E-state index contributed by atoms with van der Waals surface area (Å²) in [5.41, 5.74) is 0.810. The van der Waals surface area contributed by atoms with Gasteiger partial charge in [0, 0.05) is 25.6 Å². The number of nitrogens with zero attached hydrogens (tertiary/aromatic N) is 1. The summed E-state index contributed by atoms with van der Waals surface area (Å²) in [7, 11) is -3.30. The number of rotatable bonds is 7. The zero-order chi connectivity index (χ0) is 18.4. The van der Waals surface area contributed by atoms with E-state index in [0.29, 0.717) is 38.3 Å². The van der Waals surface area contributed by atoms with Crippen molar-refractivity contribution in [3.63, 3.8) is 0 Å². The van der Waals surface area contributed by atoms with Crippen molar-refractivity contribution in [3.05, 3.63) is 35.9 Å². The molecule has 2 aliphatic rings. The maximum absolute atomic E-state index is 12.6. The molecule has 26 heavy (non-hydrogen) atoms. The molecule has 2 N–H and O–H groups in total. The summed E-state index contributed by atoms with van der Waals surface area (Å²) >= 11 is 0. The number of sulfonamides is 1. The van der Waals surface area contributed by atoms with Gasteiger partial charge >= 0.3 is 0 Å². The zero-order valence-electron chi connectivity index (χ0n) is 15.2. The first-order chi connectivity index (χ1) is 12.5. The van der Waals surface area contributed by atoms with Gasteiger partial charge in [-0.3, -0.25) is 4.79 Å². The van der Waals surface area contributed by atoms with Crippen LogP contribution in [0.1, 0.15) is 37.7 Å². The molecule has 6 nitrogen and oxygen atoms in total. The summed E-state index contributed by atoms with van der Waals surface area (Å²) < 4.78 is 26.7. The molecule has 3 rings (SSSR count). The molecule has 0 spiro atoms. The monoisotopic (exact) mass is 379 g/mol. The highest BCUT2D eigenvalue weighted by Gasteiger charge is 2.28. The van der Waals surface area contributed by atoms with Crippen molar-refractivity contribution >= 4 is 15.9 Å². The fraction of sp³-hybridized carbons (Fsp3) is 0.632. The van der Waals surface area contributed by atoms with Crippen LogP contribution in [-0.2, 0) is 20.6 Å². The van der Waals surface area contributed by atoms with Gasteiger partial charge in [-0.15, -0.1) is 0 Å². The molecule has 2 saturated heterocycles. The maximum Gasteiger partial charge on any atom is 0.220 e. The van der Waals surface area contributed by atoms with Crippen LogP contribution in [0.5, 0.6) is 0 Å². The van der Waals surface area contributed by atoms with E-state index in [1.165, 1.54) is 0 Å². The first-order valence-electron chi connectivity index (χ1n) is 9.55. The second-order valence-electron chi connectivity index (χ2n) is 7.38. The predicted octanol–water partition coefficient (Wildman–Crippen LogP) is 1.49. The third-order valence-corrected chi connectivity index (χ3v) is 7.20. The lowest BCUT2D eigenvalue weighted by Crippen LogP contribution is -2.46. The van der Waals surface area contributed by atoms with Crippen molar-refractivity contribution in [1.82, 2.24) is 14.9 Å². The molecule has 0 saturated carbocycles. The van der Waals surface area contributed by atoms with Gasteiger partial charge in [0.1, 0.15) is 0 Å². The minimum atomic E-state index is -3.30. The fourth-order valence-electron chi connectivity index (χ4n) is 3.75. The summed E-state index contributed by atoms with van der Waals surface area (Å²) in [5, 5.41) is 6.40. The van der Waals surface area contributed by atoms with Crippen LogP contribution in [-0.4, -0.2) is 50.9 Å². The Hall–Kier alpha value is -1.44. The summed E-state index contributed by atoms with van der Waals surface area (Å²) in [5.74, 6) is 0.758. The largest absolute Gasteiger partial charge is 0.353 e. The average molecular weight is 380 g/mol. The van der Waals surface area contributed by atoms with Crippen LogP contribution in [0.2, 0.25) is 0 Å². The smallest absolute Gasteiger partial charge is 0.220 e. The maximum atomic E-state index is 12.6. The number of nitrogens with one attached hydrogen (secondary N) is 2. The highest BCUT2D eigenvalue weighted by Crippen LogP contribution is 2.18. The normalized spacial score (nSPS) is 22.4. The molecule has 1 aromatic rings. The lowest BCUT2D eigenvalue weighted by molar-refractivity contribution is -0.122. The number of hydrogen-bond acceptors (Lipinski definition) is 4. The Morgan fingerprint density at radius 3 is 2.54 bits per heavy atom.